The topological polar surface area (TPSA) is 61.4 Å². The van der Waals surface area contributed by atoms with Crippen molar-refractivity contribution in [2.75, 3.05) is 19.7 Å². The van der Waals surface area contributed by atoms with E-state index in [1.165, 1.54) is 0 Å². The second-order valence-corrected chi connectivity index (χ2v) is 5.42. The Hall–Kier alpha value is -0.910. The summed E-state index contributed by atoms with van der Waals surface area (Å²) in [6.45, 7) is 3.68. The molecule has 5 nitrogen and oxygen atoms in total. The molecule has 1 atom stereocenters. The van der Waals surface area contributed by atoms with Crippen molar-refractivity contribution in [3.05, 3.63) is 18.2 Å². The first-order valence-electron chi connectivity index (χ1n) is 6.80. The van der Waals surface area contributed by atoms with Crippen molar-refractivity contribution in [3.63, 3.8) is 0 Å². The number of aromatic amines is 1. The van der Waals surface area contributed by atoms with Crippen LogP contribution < -0.4 is 0 Å². The first kappa shape index (κ1) is 12.1. The van der Waals surface area contributed by atoms with Crippen LogP contribution in [0.15, 0.2) is 12.5 Å². The van der Waals surface area contributed by atoms with Gasteiger partial charge in [-0.05, 0) is 25.7 Å². The number of aliphatic hydroxyl groups excluding tert-OH is 1. The van der Waals surface area contributed by atoms with Gasteiger partial charge in [-0.15, -0.1) is 0 Å². The number of hydrogen-bond donors (Lipinski definition) is 2. The molecule has 3 rings (SSSR count). The third-order valence-electron chi connectivity index (χ3n) is 4.27. The number of aliphatic hydroxyl groups is 1. The Morgan fingerprint density at radius 2 is 2.33 bits per heavy atom. The van der Waals surface area contributed by atoms with Crippen LogP contribution in [0.4, 0.5) is 0 Å². The summed E-state index contributed by atoms with van der Waals surface area (Å²) < 4.78 is 5.91. The van der Waals surface area contributed by atoms with Crippen molar-refractivity contribution in [1.82, 2.24) is 14.9 Å². The second-order valence-electron chi connectivity index (χ2n) is 5.42. The molecule has 18 heavy (non-hydrogen) atoms. The van der Waals surface area contributed by atoms with Crippen LogP contribution >= 0.6 is 0 Å². The molecule has 0 unspecified atom stereocenters. The first-order chi connectivity index (χ1) is 8.78. The van der Waals surface area contributed by atoms with Crippen molar-refractivity contribution in [3.8, 4) is 0 Å². The molecule has 0 aromatic carbocycles. The molecule has 0 bridgehead atoms. The summed E-state index contributed by atoms with van der Waals surface area (Å²) in [5, 5.41) is 10.2. The zero-order valence-corrected chi connectivity index (χ0v) is 10.6. The Labute approximate surface area is 107 Å². The average Bonchev–Trinajstić information content (AvgIpc) is 2.89. The van der Waals surface area contributed by atoms with Gasteiger partial charge in [-0.3, -0.25) is 4.90 Å². The Balaban J connectivity index is 1.57. The normalized spacial score (nSPS) is 28.6. The van der Waals surface area contributed by atoms with Crippen LogP contribution in [0.2, 0.25) is 0 Å². The molecule has 2 fully saturated rings. The molecule has 0 amide bonds. The van der Waals surface area contributed by atoms with Gasteiger partial charge in [-0.2, -0.15) is 0 Å². The molecular formula is C13H21N3O2. The number of rotatable bonds is 2. The average molecular weight is 251 g/mol. The van der Waals surface area contributed by atoms with E-state index in [1.54, 1.807) is 6.33 Å². The molecule has 100 valence electrons. The Morgan fingerprint density at radius 3 is 3.00 bits per heavy atom. The van der Waals surface area contributed by atoms with E-state index in [9.17, 15) is 5.11 Å². The van der Waals surface area contributed by atoms with Gasteiger partial charge in [0.05, 0.1) is 18.0 Å². The Morgan fingerprint density at radius 1 is 1.50 bits per heavy atom. The van der Waals surface area contributed by atoms with Gasteiger partial charge in [0.25, 0.3) is 0 Å². The predicted molar refractivity (Wildman–Crippen MR) is 67.0 cm³/mol. The summed E-state index contributed by atoms with van der Waals surface area (Å²) in [4.78, 5) is 9.56. The lowest BCUT2D eigenvalue weighted by Crippen LogP contribution is -2.55. The number of piperidine rings is 1. The largest absolute Gasteiger partial charge is 0.390 e. The van der Waals surface area contributed by atoms with Crippen LogP contribution in [-0.4, -0.2) is 51.4 Å². The van der Waals surface area contributed by atoms with Gasteiger partial charge in [-0.1, -0.05) is 0 Å². The van der Waals surface area contributed by atoms with E-state index in [-0.39, 0.29) is 11.7 Å². The van der Waals surface area contributed by atoms with E-state index in [2.05, 4.69) is 14.9 Å². The minimum absolute atomic E-state index is 0.261. The van der Waals surface area contributed by atoms with E-state index in [0.29, 0.717) is 0 Å². The zero-order chi connectivity index (χ0) is 12.4. The summed E-state index contributed by atoms with van der Waals surface area (Å²) in [5.74, 6) is 0. The van der Waals surface area contributed by atoms with Crippen LogP contribution in [0.3, 0.4) is 0 Å². The fourth-order valence-corrected chi connectivity index (χ4v) is 3.09. The van der Waals surface area contributed by atoms with Crippen LogP contribution in [0, 0.1) is 0 Å². The van der Waals surface area contributed by atoms with E-state index < -0.39 is 0 Å². The van der Waals surface area contributed by atoms with Gasteiger partial charge in [-0.25, -0.2) is 4.98 Å². The number of imidazole rings is 1. The highest BCUT2D eigenvalue weighted by molar-refractivity contribution is 4.99. The predicted octanol–water partition coefficient (Wildman–Crippen LogP) is 0.916. The minimum atomic E-state index is -0.277. The summed E-state index contributed by atoms with van der Waals surface area (Å²) in [5.41, 5.74) is 0.888. The van der Waals surface area contributed by atoms with Crippen LogP contribution in [-0.2, 0) is 11.3 Å². The molecule has 2 aliphatic heterocycles. The molecule has 5 heteroatoms. The minimum Gasteiger partial charge on any atom is -0.390 e. The maximum atomic E-state index is 10.2. The fraction of sp³-hybridized carbons (Fsp3) is 0.769. The van der Waals surface area contributed by atoms with Crippen molar-refractivity contribution in [2.24, 2.45) is 0 Å². The van der Waals surface area contributed by atoms with E-state index in [1.807, 2.05) is 6.20 Å². The lowest BCUT2D eigenvalue weighted by molar-refractivity contribution is -0.177. The molecule has 2 N–H and O–H groups in total. The molecule has 3 heterocycles. The summed E-state index contributed by atoms with van der Waals surface area (Å²) in [7, 11) is 0. The third-order valence-corrected chi connectivity index (χ3v) is 4.27. The third kappa shape index (κ3) is 2.30. The molecule has 1 spiro atoms. The second kappa shape index (κ2) is 4.99. The SMILES string of the molecule is O[C@H]1CCCOC12CCN(Cc1cnc[nH]1)CC2. The van der Waals surface area contributed by atoms with Gasteiger partial charge < -0.3 is 14.8 Å². The molecule has 1 aromatic rings. The monoisotopic (exact) mass is 251 g/mol. The fourth-order valence-electron chi connectivity index (χ4n) is 3.09. The number of nitrogens with one attached hydrogen (secondary N) is 1. The summed E-state index contributed by atoms with van der Waals surface area (Å²) in [6, 6.07) is 0. The molecule has 0 radical (unpaired) electrons. The number of aromatic nitrogens is 2. The molecule has 0 saturated carbocycles. The van der Waals surface area contributed by atoms with Gasteiger partial charge in [0.1, 0.15) is 0 Å². The van der Waals surface area contributed by atoms with Crippen LogP contribution in [0.1, 0.15) is 31.4 Å². The highest BCUT2D eigenvalue weighted by atomic mass is 16.5. The van der Waals surface area contributed by atoms with Crippen molar-refractivity contribution in [2.45, 2.75) is 43.9 Å². The van der Waals surface area contributed by atoms with Gasteiger partial charge in [0.15, 0.2) is 0 Å². The molecule has 2 saturated heterocycles. The maximum Gasteiger partial charge on any atom is 0.0964 e. The molecular weight excluding hydrogens is 230 g/mol. The summed E-state index contributed by atoms with van der Waals surface area (Å²) in [6.07, 6.45) is 7.05. The van der Waals surface area contributed by atoms with Crippen molar-refractivity contribution >= 4 is 0 Å². The van der Waals surface area contributed by atoms with E-state index in [0.717, 1.165) is 57.6 Å². The number of nitrogens with zero attached hydrogens (tertiary/aromatic N) is 2. The standard InChI is InChI=1S/C13H21N3O2/c17-12-2-1-7-18-13(12)3-5-16(6-4-13)9-11-8-14-10-15-11/h8,10,12,17H,1-7,9H2,(H,14,15)/t12-/m0/s1. The van der Waals surface area contributed by atoms with E-state index in [4.69, 9.17) is 4.74 Å². The van der Waals surface area contributed by atoms with Gasteiger partial charge >= 0.3 is 0 Å². The van der Waals surface area contributed by atoms with Gasteiger partial charge in [0.2, 0.25) is 0 Å². The quantitative estimate of drug-likeness (QED) is 0.820. The number of hydrogen-bond acceptors (Lipinski definition) is 4. The highest BCUT2D eigenvalue weighted by Gasteiger charge is 2.43. The molecule has 0 aliphatic carbocycles. The number of H-pyrrole nitrogens is 1. The first-order valence-corrected chi connectivity index (χ1v) is 6.80. The van der Waals surface area contributed by atoms with E-state index >= 15 is 0 Å². The number of likely N-dealkylation sites (tertiary alicyclic amines) is 1. The molecule has 2 aliphatic rings. The smallest absolute Gasteiger partial charge is 0.0964 e. The highest BCUT2D eigenvalue weighted by Crippen LogP contribution is 2.35. The lowest BCUT2D eigenvalue weighted by Gasteiger charge is -2.46. The maximum absolute atomic E-state index is 10.2. The van der Waals surface area contributed by atoms with Crippen LogP contribution in [0.5, 0.6) is 0 Å². The van der Waals surface area contributed by atoms with Crippen molar-refractivity contribution in [1.29, 1.82) is 0 Å². The number of ether oxygens (including phenoxy) is 1. The Bertz CT molecular complexity index is 372. The van der Waals surface area contributed by atoms with Crippen LogP contribution in [0.25, 0.3) is 0 Å². The lowest BCUT2D eigenvalue weighted by atomic mass is 9.82. The molecule has 1 aromatic heterocycles. The Kier molecular flexibility index (Phi) is 3.37. The summed E-state index contributed by atoms with van der Waals surface area (Å²) >= 11 is 0. The van der Waals surface area contributed by atoms with Crippen molar-refractivity contribution < 1.29 is 9.84 Å². The zero-order valence-electron chi connectivity index (χ0n) is 10.6. The van der Waals surface area contributed by atoms with Gasteiger partial charge in [0, 0.05) is 38.1 Å².